The molecule has 0 saturated heterocycles. The molecule has 7 heteroatoms. The molecule has 0 saturated carbocycles. The van der Waals surface area contributed by atoms with Crippen LogP contribution in [0.1, 0.15) is 6.92 Å². The van der Waals surface area contributed by atoms with Gasteiger partial charge in [0.1, 0.15) is 5.56 Å². The van der Waals surface area contributed by atoms with Gasteiger partial charge in [0.05, 0.1) is 6.61 Å². The molecule has 0 radical (unpaired) electrons. The van der Waals surface area contributed by atoms with Crippen molar-refractivity contribution in [3.05, 3.63) is 40.7 Å². The van der Waals surface area contributed by atoms with Crippen LogP contribution >= 0.6 is 0 Å². The van der Waals surface area contributed by atoms with Gasteiger partial charge < -0.3 is 9.84 Å². The Bertz CT molecular complexity index is 808. The lowest BCUT2D eigenvalue weighted by molar-refractivity contribution is 0.311. The minimum Gasteiger partial charge on any atom is -0.493 e. The average Bonchev–Trinajstić information content (AvgIpc) is 2.83. The molecule has 2 heterocycles. The van der Waals surface area contributed by atoms with E-state index in [4.69, 9.17) is 4.74 Å². The second kappa shape index (κ2) is 4.69. The zero-order valence-corrected chi connectivity index (χ0v) is 10.7. The van der Waals surface area contributed by atoms with Crippen molar-refractivity contribution in [1.82, 2.24) is 19.6 Å². The highest BCUT2D eigenvalue weighted by atomic mass is 16.5. The van der Waals surface area contributed by atoms with Gasteiger partial charge in [-0.25, -0.2) is 0 Å². The fourth-order valence-electron chi connectivity index (χ4n) is 1.95. The number of hydrogen-bond donors (Lipinski definition) is 2. The summed E-state index contributed by atoms with van der Waals surface area (Å²) in [5, 5.41) is 14.2. The number of ether oxygens (including phenoxy) is 1. The number of benzene rings is 1. The number of H-pyrrole nitrogens is 1. The van der Waals surface area contributed by atoms with E-state index in [2.05, 4.69) is 15.1 Å². The zero-order valence-electron chi connectivity index (χ0n) is 10.7. The monoisotopic (exact) mass is 272 g/mol. The highest BCUT2D eigenvalue weighted by molar-refractivity contribution is 5.68. The van der Waals surface area contributed by atoms with Gasteiger partial charge in [0.15, 0.2) is 0 Å². The van der Waals surface area contributed by atoms with E-state index in [1.54, 1.807) is 31.2 Å². The van der Waals surface area contributed by atoms with Crippen molar-refractivity contribution in [2.45, 2.75) is 6.92 Å². The number of aromatic amines is 1. The molecule has 0 unspecified atom stereocenters. The molecular formula is C13H12N4O3. The molecule has 0 spiro atoms. The van der Waals surface area contributed by atoms with Gasteiger partial charge in [-0.15, -0.1) is 5.10 Å². The molecule has 0 fully saturated rings. The number of nitrogens with zero attached hydrogens (tertiary/aromatic N) is 3. The van der Waals surface area contributed by atoms with Gasteiger partial charge in [-0.2, -0.15) is 9.50 Å². The second-order valence-corrected chi connectivity index (χ2v) is 4.08. The second-order valence-electron chi connectivity index (χ2n) is 4.08. The lowest BCUT2D eigenvalue weighted by Gasteiger charge is -2.04. The molecule has 1 aromatic carbocycles. The van der Waals surface area contributed by atoms with Gasteiger partial charge in [0.25, 0.3) is 5.56 Å². The third kappa shape index (κ3) is 1.89. The summed E-state index contributed by atoms with van der Waals surface area (Å²) in [7, 11) is 0. The van der Waals surface area contributed by atoms with Crippen LogP contribution < -0.4 is 10.3 Å². The summed E-state index contributed by atoms with van der Waals surface area (Å²) in [4.78, 5) is 18.6. The smallest absolute Gasteiger partial charge is 0.337 e. The molecule has 0 bridgehead atoms. The number of fused-ring (bicyclic) bond motifs is 1. The number of aromatic nitrogens is 4. The standard InChI is InChI=1S/C13H12N4O3/c1-2-20-13-15-12-14-10(18)9(11(19)17(12)16-13)8-6-4-3-5-7-8/h3-7,19H,2H2,1H3,(H,14,15,16,18). The summed E-state index contributed by atoms with van der Waals surface area (Å²) in [6, 6.07) is 8.96. The SMILES string of the molecule is CCOc1nc2[nH]c(=O)c(-c3ccccc3)c(O)n2n1. The Morgan fingerprint density at radius 3 is 2.80 bits per heavy atom. The van der Waals surface area contributed by atoms with Crippen LogP contribution in [-0.2, 0) is 0 Å². The molecule has 0 atom stereocenters. The number of nitrogens with one attached hydrogen (secondary N) is 1. The van der Waals surface area contributed by atoms with Crippen LogP contribution in [-0.4, -0.2) is 31.3 Å². The van der Waals surface area contributed by atoms with Gasteiger partial charge in [-0.1, -0.05) is 30.3 Å². The normalized spacial score (nSPS) is 10.8. The van der Waals surface area contributed by atoms with Crippen molar-refractivity contribution < 1.29 is 9.84 Å². The highest BCUT2D eigenvalue weighted by Gasteiger charge is 2.17. The average molecular weight is 272 g/mol. The summed E-state index contributed by atoms with van der Waals surface area (Å²) >= 11 is 0. The van der Waals surface area contributed by atoms with Gasteiger partial charge in [0.2, 0.25) is 11.7 Å². The summed E-state index contributed by atoms with van der Waals surface area (Å²) in [6.45, 7) is 2.19. The van der Waals surface area contributed by atoms with Crippen molar-refractivity contribution in [2.24, 2.45) is 0 Å². The molecule has 2 aromatic heterocycles. The van der Waals surface area contributed by atoms with E-state index in [1.165, 1.54) is 0 Å². The molecular weight excluding hydrogens is 260 g/mol. The molecule has 0 amide bonds. The van der Waals surface area contributed by atoms with Crippen LogP contribution in [0.15, 0.2) is 35.1 Å². The maximum atomic E-state index is 12.1. The van der Waals surface area contributed by atoms with E-state index >= 15 is 0 Å². The summed E-state index contributed by atoms with van der Waals surface area (Å²) in [5.74, 6) is -0.135. The largest absolute Gasteiger partial charge is 0.493 e. The molecule has 7 nitrogen and oxygen atoms in total. The molecule has 2 N–H and O–H groups in total. The van der Waals surface area contributed by atoms with Gasteiger partial charge in [-0.3, -0.25) is 9.78 Å². The van der Waals surface area contributed by atoms with E-state index in [9.17, 15) is 9.90 Å². The summed E-state index contributed by atoms with van der Waals surface area (Å²) in [5.41, 5.74) is 0.310. The third-order valence-electron chi connectivity index (χ3n) is 2.80. The maximum absolute atomic E-state index is 12.1. The lowest BCUT2D eigenvalue weighted by atomic mass is 10.1. The first-order chi connectivity index (χ1) is 9.70. The molecule has 0 aliphatic heterocycles. The maximum Gasteiger partial charge on any atom is 0.337 e. The Morgan fingerprint density at radius 1 is 1.35 bits per heavy atom. The molecule has 3 aromatic rings. The zero-order chi connectivity index (χ0) is 14.1. The van der Waals surface area contributed by atoms with E-state index in [1.807, 2.05) is 6.07 Å². The molecule has 102 valence electrons. The molecule has 0 aliphatic rings. The Hall–Kier alpha value is -2.83. The van der Waals surface area contributed by atoms with Crippen molar-refractivity contribution in [3.8, 4) is 23.0 Å². The summed E-state index contributed by atoms with van der Waals surface area (Å²) < 4.78 is 6.30. The van der Waals surface area contributed by atoms with E-state index in [0.29, 0.717) is 12.2 Å². The van der Waals surface area contributed by atoms with E-state index < -0.39 is 5.56 Å². The number of hydrogen-bond acceptors (Lipinski definition) is 5. The first-order valence-electron chi connectivity index (χ1n) is 6.11. The first-order valence-corrected chi connectivity index (χ1v) is 6.11. The minimum absolute atomic E-state index is 0.101. The van der Waals surface area contributed by atoms with Crippen LogP contribution in [0.2, 0.25) is 0 Å². The quantitative estimate of drug-likeness (QED) is 0.747. The Balaban J connectivity index is 2.26. The van der Waals surface area contributed by atoms with Crippen LogP contribution in [0.5, 0.6) is 11.9 Å². The Labute approximate surface area is 113 Å². The fourth-order valence-corrected chi connectivity index (χ4v) is 1.95. The fraction of sp³-hybridized carbons (Fsp3) is 0.154. The van der Waals surface area contributed by atoms with Crippen LogP contribution in [0.3, 0.4) is 0 Å². The van der Waals surface area contributed by atoms with Gasteiger partial charge >= 0.3 is 6.01 Å². The van der Waals surface area contributed by atoms with E-state index in [0.717, 1.165) is 4.52 Å². The molecule has 20 heavy (non-hydrogen) atoms. The van der Waals surface area contributed by atoms with E-state index in [-0.39, 0.29) is 23.2 Å². The van der Waals surface area contributed by atoms with Crippen molar-refractivity contribution in [2.75, 3.05) is 6.61 Å². The third-order valence-corrected chi connectivity index (χ3v) is 2.80. The number of aromatic hydroxyl groups is 1. The van der Waals surface area contributed by atoms with Gasteiger partial charge in [-0.05, 0) is 12.5 Å². The van der Waals surface area contributed by atoms with Crippen molar-refractivity contribution in [1.29, 1.82) is 0 Å². The molecule has 0 aliphatic carbocycles. The molecule has 3 rings (SSSR count). The lowest BCUT2D eigenvalue weighted by Crippen LogP contribution is -2.12. The Kier molecular flexibility index (Phi) is 2.86. The van der Waals surface area contributed by atoms with Crippen LogP contribution in [0.4, 0.5) is 0 Å². The van der Waals surface area contributed by atoms with Crippen molar-refractivity contribution in [3.63, 3.8) is 0 Å². The number of rotatable bonds is 3. The van der Waals surface area contributed by atoms with Crippen LogP contribution in [0, 0.1) is 0 Å². The summed E-state index contributed by atoms with van der Waals surface area (Å²) in [6.07, 6.45) is 0. The van der Waals surface area contributed by atoms with Crippen LogP contribution in [0.25, 0.3) is 16.9 Å². The van der Waals surface area contributed by atoms with Gasteiger partial charge in [0, 0.05) is 0 Å². The Morgan fingerprint density at radius 2 is 2.10 bits per heavy atom. The highest BCUT2D eigenvalue weighted by Crippen LogP contribution is 2.25. The van der Waals surface area contributed by atoms with Crippen molar-refractivity contribution >= 4 is 5.78 Å². The minimum atomic E-state index is -0.434. The predicted molar refractivity (Wildman–Crippen MR) is 71.9 cm³/mol. The topological polar surface area (TPSA) is 92.5 Å². The first kappa shape index (κ1) is 12.2. The predicted octanol–water partition coefficient (Wildman–Crippen LogP) is 1.19.